The molecule has 8 amide bonds. The average Bonchev–Trinajstić information content (AvgIpc) is 0.784. The molecule has 0 spiro atoms. The van der Waals surface area contributed by atoms with Gasteiger partial charge in [-0.05, 0) is 40.5 Å². The molecule has 50 nitrogen and oxygen atoms in total. The number of esters is 8. The van der Waals surface area contributed by atoms with Gasteiger partial charge in [0.05, 0.1) is 158 Å². The Labute approximate surface area is 804 Å². The number of carbonyl (C=O) groups excluding carboxylic acids is 16. The van der Waals surface area contributed by atoms with E-state index in [1.54, 1.807) is 0 Å². The molecule has 8 N–H and O–H groups in total. The lowest BCUT2D eigenvalue weighted by atomic mass is 9.96. The molecular formula is C87H144N9O41P. The minimum atomic E-state index is -1.44. The molecule has 3 rings (SSSR count). The Balaban J connectivity index is 1.73. The fourth-order valence-corrected chi connectivity index (χ4v) is 15.1. The van der Waals surface area contributed by atoms with E-state index in [-0.39, 0.29) is 163 Å². The van der Waals surface area contributed by atoms with Gasteiger partial charge in [0.2, 0.25) is 47.3 Å². The lowest BCUT2D eigenvalue weighted by molar-refractivity contribution is -0.279. The van der Waals surface area contributed by atoms with Crippen LogP contribution in [0, 0.1) is 12.3 Å². The maximum absolute atomic E-state index is 14.1. The monoisotopic (exact) mass is 2000 g/mol. The second-order valence-corrected chi connectivity index (χ2v) is 33.0. The molecule has 3 aliphatic rings. The molecule has 17 unspecified atom stereocenters. The van der Waals surface area contributed by atoms with Gasteiger partial charge in [0.25, 0.3) is 8.53 Å². The van der Waals surface area contributed by atoms with E-state index in [1.807, 2.05) is 0 Å². The normalized spacial score (nSPS) is 21.3. The van der Waals surface area contributed by atoms with Crippen molar-refractivity contribution in [2.45, 2.75) is 259 Å². The van der Waals surface area contributed by atoms with E-state index in [0.717, 1.165) is 48.5 Å². The summed E-state index contributed by atoms with van der Waals surface area (Å²) in [6, 6.07) is -5.78. The molecule has 17 atom stereocenters. The zero-order valence-corrected chi connectivity index (χ0v) is 82.5. The second-order valence-electron chi connectivity index (χ2n) is 31.5. The lowest BCUT2D eigenvalue weighted by Crippen LogP contribution is -2.66. The van der Waals surface area contributed by atoms with Gasteiger partial charge in [0.15, 0.2) is 43.3 Å². The first-order valence-electron chi connectivity index (χ1n) is 45.6. The average molecular weight is 2000 g/mol. The molecule has 0 bridgehead atoms. The van der Waals surface area contributed by atoms with Crippen LogP contribution in [0.3, 0.4) is 0 Å². The zero-order valence-electron chi connectivity index (χ0n) is 81.6. The lowest BCUT2D eigenvalue weighted by Gasteiger charge is -2.44. The highest BCUT2D eigenvalue weighted by Gasteiger charge is 2.53. The van der Waals surface area contributed by atoms with Crippen LogP contribution in [0.25, 0.3) is 0 Å². The standard InChI is InChI=1S/C87H144N9O41P/c1-17-18-27-128-138(96(54(2)3)55(4)5)129-49-45-121-41-40-120-39-38-119-37-36-118-35-34-117-33-32-113-28-23-76(110)95-68(84(112)90-25-30-115-42-46-122-85-69(91-56(6)97)50-70(130-62(12)103)71(135-85)51-125-59(9)100)20-22-75(109)94-67(83(111)89-26-31-116-44-48-124-87-78(93-58(8)99)82(134-66(16)107)80(132-64(14)105)73(137-87)53-127-61(11)102)19-21-74(108)88-24-29-114-43-47-123-86-77(92-57(7)98)81(133-65(15)106)79(131-63(13)104)72(136-86)52-126-60(10)101/h1,54-55,67-73,77-82,85-87H,18-53H2,2-16H3,(H,88,108)(H,89,111)(H,90,112)(H,91,97)(H,92,98)(H,93,99)(H,94,109)(H,95,110). The van der Waals surface area contributed by atoms with E-state index in [1.165, 1.54) is 27.7 Å². The number of carbonyl (C=O) groups is 16. The van der Waals surface area contributed by atoms with Crippen molar-refractivity contribution in [2.24, 2.45) is 0 Å². The van der Waals surface area contributed by atoms with Crippen molar-refractivity contribution in [3.8, 4) is 12.3 Å². The molecule has 0 aromatic rings. The maximum atomic E-state index is 14.1. The number of hydrogen-bond acceptors (Lipinski definition) is 42. The summed E-state index contributed by atoms with van der Waals surface area (Å²) in [4.78, 5) is 203. The Bertz CT molecular complexity index is 3710. The topological polar surface area (TPSA) is 603 Å². The van der Waals surface area contributed by atoms with Gasteiger partial charge in [-0.1, -0.05) is 0 Å². The molecule has 0 aromatic carbocycles. The van der Waals surface area contributed by atoms with Crippen molar-refractivity contribution in [2.75, 3.05) is 191 Å². The van der Waals surface area contributed by atoms with E-state index in [2.05, 4.69) is 80.8 Å². The van der Waals surface area contributed by atoms with Crippen LogP contribution in [-0.2, 0) is 195 Å². The summed E-state index contributed by atoms with van der Waals surface area (Å²) < 4.78 is 144. The first-order chi connectivity index (χ1) is 65.8. The summed E-state index contributed by atoms with van der Waals surface area (Å²) in [6.45, 7) is 21.3. The minimum Gasteiger partial charge on any atom is -0.463 e. The maximum Gasteiger partial charge on any atom is 0.303 e. The highest BCUT2D eigenvalue weighted by Crippen LogP contribution is 2.46. The predicted octanol–water partition coefficient (Wildman–Crippen LogP) is -1.72. The van der Waals surface area contributed by atoms with Crippen molar-refractivity contribution in [3.05, 3.63) is 0 Å². The third kappa shape index (κ3) is 55.1. The summed E-state index contributed by atoms with van der Waals surface area (Å²) in [5, 5.41) is 21.1. The summed E-state index contributed by atoms with van der Waals surface area (Å²) in [5.74, 6) is -8.72. The number of nitrogens with zero attached hydrogens (tertiary/aromatic N) is 1. The third-order valence-electron chi connectivity index (χ3n) is 19.1. The number of rotatable bonds is 73. The summed E-state index contributed by atoms with van der Waals surface area (Å²) in [6.07, 6.45) is -9.77. The molecule has 138 heavy (non-hydrogen) atoms. The van der Waals surface area contributed by atoms with Crippen molar-refractivity contribution in [1.29, 1.82) is 0 Å². The number of hydrogen-bond donors (Lipinski definition) is 8. The predicted molar refractivity (Wildman–Crippen MR) is 477 cm³/mol. The number of terminal acetylenes is 1. The molecule has 0 radical (unpaired) electrons. The number of nitrogens with one attached hydrogen (secondary N) is 8. The van der Waals surface area contributed by atoms with Crippen LogP contribution in [0.5, 0.6) is 0 Å². The van der Waals surface area contributed by atoms with Crippen LogP contribution in [0.1, 0.15) is 149 Å². The van der Waals surface area contributed by atoms with Gasteiger partial charge in [-0.15, -0.1) is 12.3 Å². The minimum absolute atomic E-state index is 0.0406. The van der Waals surface area contributed by atoms with Crippen LogP contribution >= 0.6 is 8.53 Å². The van der Waals surface area contributed by atoms with Crippen LogP contribution in [0.4, 0.5) is 0 Å². The molecule has 3 saturated heterocycles. The smallest absolute Gasteiger partial charge is 0.303 e. The third-order valence-corrected chi connectivity index (χ3v) is 21.2. The Morgan fingerprint density at radius 2 is 0.681 bits per heavy atom. The summed E-state index contributed by atoms with van der Waals surface area (Å²) in [7, 11) is -1.30. The SMILES string of the molecule is C#CCCOP(OCCOCCOCCOCCOCCOCCOCCC(=O)NC(CCC(=O)NC(CCC(=O)NCCOCCOC1OC(COC(C)=O)C(OC(C)=O)C(OC(C)=O)C1NC(C)=O)C(=O)NCCOCCOC1OC(COC(C)=O)C(OC(C)=O)C(OC(C)=O)C1NC(C)=O)C(=O)NCCOCCOC1OC(COC(C)=O)C(OC(C)=O)CC1NC(C)=O)N(C(C)C)C(C)C. The van der Waals surface area contributed by atoms with Crippen molar-refractivity contribution >= 4 is 104 Å². The molecule has 3 fully saturated rings. The molecular weight excluding hydrogens is 1860 g/mol. The first kappa shape index (κ1) is 123. The van der Waals surface area contributed by atoms with Gasteiger partial charge in [-0.2, -0.15) is 0 Å². The van der Waals surface area contributed by atoms with Gasteiger partial charge in [0, 0.05) is 140 Å². The highest BCUT2D eigenvalue weighted by atomic mass is 31.2. The van der Waals surface area contributed by atoms with Gasteiger partial charge < -0.3 is 161 Å². The summed E-state index contributed by atoms with van der Waals surface area (Å²) >= 11 is 0. The van der Waals surface area contributed by atoms with Crippen molar-refractivity contribution in [1.82, 2.24) is 47.2 Å². The van der Waals surface area contributed by atoms with E-state index >= 15 is 0 Å². The Morgan fingerprint density at radius 1 is 0.355 bits per heavy atom. The van der Waals surface area contributed by atoms with Crippen LogP contribution in [0.15, 0.2) is 0 Å². The Hall–Kier alpha value is -9.21. The molecule has 788 valence electrons. The van der Waals surface area contributed by atoms with Gasteiger partial charge in [-0.25, -0.2) is 4.67 Å². The Morgan fingerprint density at radius 3 is 1.06 bits per heavy atom. The van der Waals surface area contributed by atoms with Crippen molar-refractivity contribution in [3.63, 3.8) is 0 Å². The first-order valence-corrected chi connectivity index (χ1v) is 46.7. The molecule has 3 aliphatic heterocycles. The molecule has 0 aromatic heterocycles. The highest BCUT2D eigenvalue weighted by molar-refractivity contribution is 7.44. The quantitative estimate of drug-likeness (QED) is 0.0110. The number of amides is 8. The number of ether oxygens (including phenoxy) is 23. The van der Waals surface area contributed by atoms with E-state index in [0.29, 0.717) is 65.9 Å². The Kier molecular flexibility index (Phi) is 64.2. The second kappa shape index (κ2) is 72.1. The summed E-state index contributed by atoms with van der Waals surface area (Å²) in [5.41, 5.74) is 0. The molecule has 3 heterocycles. The van der Waals surface area contributed by atoms with Gasteiger partial charge in [0.1, 0.15) is 68.4 Å². The largest absolute Gasteiger partial charge is 0.463 e. The zero-order chi connectivity index (χ0) is 102. The van der Waals surface area contributed by atoms with Crippen molar-refractivity contribution < 1.29 is 195 Å². The fraction of sp³-hybridized carbons (Fsp3) is 0.793. The van der Waals surface area contributed by atoms with E-state index < -0.39 is 221 Å². The van der Waals surface area contributed by atoms with Crippen LogP contribution < -0.4 is 42.5 Å². The van der Waals surface area contributed by atoms with Crippen LogP contribution in [0.2, 0.25) is 0 Å². The fourth-order valence-electron chi connectivity index (χ4n) is 13.5. The molecule has 0 aliphatic carbocycles. The van der Waals surface area contributed by atoms with Gasteiger partial charge in [-0.3, -0.25) is 76.7 Å². The molecule has 0 saturated carbocycles. The van der Waals surface area contributed by atoms with Gasteiger partial charge >= 0.3 is 47.8 Å². The van der Waals surface area contributed by atoms with Crippen LogP contribution in [-0.4, -0.2) is 401 Å². The van der Waals surface area contributed by atoms with E-state index in [4.69, 9.17) is 124 Å². The molecule has 51 heteroatoms. The van der Waals surface area contributed by atoms with E-state index in [9.17, 15) is 76.7 Å².